The molecule has 0 bridgehead atoms. The van der Waals surface area contributed by atoms with E-state index in [1.165, 1.54) is 16.7 Å². The van der Waals surface area contributed by atoms with E-state index in [9.17, 15) is 4.79 Å². The summed E-state index contributed by atoms with van der Waals surface area (Å²) in [5.41, 5.74) is 1.99. The Balaban J connectivity index is 2.09. The van der Waals surface area contributed by atoms with Crippen LogP contribution >= 0.6 is 0 Å². The largest absolute Gasteiger partial charge is 0.439 e. The number of carbonyl (C=O) groups excluding carboxylic acids is 1. The highest BCUT2D eigenvalue weighted by Gasteiger charge is 2.17. The molecular weight excluding hydrogens is 288 g/mol. The van der Waals surface area contributed by atoms with Crippen molar-refractivity contribution in [3.63, 3.8) is 0 Å². The quantitative estimate of drug-likeness (QED) is 0.828. The van der Waals surface area contributed by atoms with Crippen molar-refractivity contribution in [2.24, 2.45) is 0 Å². The molecule has 4 heteroatoms. The predicted octanol–water partition coefficient (Wildman–Crippen LogP) is 4.26. The predicted molar refractivity (Wildman–Crippen MR) is 92.1 cm³/mol. The third-order valence-corrected chi connectivity index (χ3v) is 4.13. The number of hydrogen-bond acceptors (Lipinski definition) is 3. The SMILES string of the molecule is CCC(C)(C)c1ccc(Oc2ccc(C(=O)N(C)C)cn2)cc1. The number of carbonyl (C=O) groups is 1. The first-order valence-electron chi connectivity index (χ1n) is 7.79. The Hall–Kier alpha value is -2.36. The zero-order valence-corrected chi connectivity index (χ0v) is 14.5. The van der Waals surface area contributed by atoms with Crippen molar-refractivity contribution in [2.75, 3.05) is 14.1 Å². The van der Waals surface area contributed by atoms with Gasteiger partial charge in [0.05, 0.1) is 5.56 Å². The molecule has 0 spiro atoms. The van der Waals surface area contributed by atoms with Crippen molar-refractivity contribution in [2.45, 2.75) is 32.6 Å². The van der Waals surface area contributed by atoms with Gasteiger partial charge in [-0.25, -0.2) is 4.98 Å². The van der Waals surface area contributed by atoms with Crippen molar-refractivity contribution >= 4 is 5.91 Å². The summed E-state index contributed by atoms with van der Waals surface area (Å²) in [6.07, 6.45) is 2.61. The normalized spacial score (nSPS) is 11.2. The molecule has 2 rings (SSSR count). The van der Waals surface area contributed by atoms with Gasteiger partial charge in [-0.2, -0.15) is 0 Å². The fourth-order valence-electron chi connectivity index (χ4n) is 2.12. The molecule has 0 aliphatic carbocycles. The maximum atomic E-state index is 11.8. The molecule has 122 valence electrons. The Morgan fingerprint density at radius 1 is 1.13 bits per heavy atom. The Kier molecular flexibility index (Phi) is 5.04. The van der Waals surface area contributed by atoms with Gasteiger partial charge in [0.2, 0.25) is 5.88 Å². The lowest BCUT2D eigenvalue weighted by Crippen LogP contribution is -2.21. The highest BCUT2D eigenvalue weighted by Crippen LogP contribution is 2.29. The van der Waals surface area contributed by atoms with Gasteiger partial charge in [-0.05, 0) is 35.6 Å². The van der Waals surface area contributed by atoms with Crippen molar-refractivity contribution in [3.05, 3.63) is 53.7 Å². The Morgan fingerprint density at radius 3 is 2.26 bits per heavy atom. The van der Waals surface area contributed by atoms with E-state index in [4.69, 9.17) is 4.74 Å². The summed E-state index contributed by atoms with van der Waals surface area (Å²) in [7, 11) is 3.43. The van der Waals surface area contributed by atoms with Crippen LogP contribution in [0.2, 0.25) is 0 Å². The summed E-state index contributed by atoms with van der Waals surface area (Å²) in [6.45, 7) is 6.64. The second-order valence-corrected chi connectivity index (χ2v) is 6.45. The molecule has 0 saturated heterocycles. The van der Waals surface area contributed by atoms with Gasteiger partial charge < -0.3 is 9.64 Å². The molecule has 0 aliphatic heterocycles. The molecular formula is C19H24N2O2. The first-order valence-corrected chi connectivity index (χ1v) is 7.79. The standard InChI is InChI=1S/C19H24N2O2/c1-6-19(2,3)15-8-10-16(11-9-15)23-17-12-7-14(13-20-17)18(22)21(4)5/h7-13H,6H2,1-5H3. The molecule has 0 saturated carbocycles. The number of ether oxygens (including phenoxy) is 1. The topological polar surface area (TPSA) is 42.4 Å². The highest BCUT2D eigenvalue weighted by atomic mass is 16.5. The number of hydrogen-bond donors (Lipinski definition) is 0. The van der Waals surface area contributed by atoms with Gasteiger partial charge in [0.1, 0.15) is 5.75 Å². The summed E-state index contributed by atoms with van der Waals surface area (Å²) in [6, 6.07) is 11.5. The highest BCUT2D eigenvalue weighted by molar-refractivity contribution is 5.93. The van der Waals surface area contributed by atoms with Crippen molar-refractivity contribution in [1.29, 1.82) is 0 Å². The first kappa shape index (κ1) is 17.0. The fourth-order valence-corrected chi connectivity index (χ4v) is 2.12. The van der Waals surface area contributed by atoms with E-state index in [0.29, 0.717) is 11.4 Å². The number of rotatable bonds is 5. The lowest BCUT2D eigenvalue weighted by molar-refractivity contribution is 0.0827. The van der Waals surface area contributed by atoms with Crippen LogP contribution in [0.1, 0.15) is 43.1 Å². The summed E-state index contributed by atoms with van der Waals surface area (Å²) >= 11 is 0. The molecule has 0 fully saturated rings. The van der Waals surface area contributed by atoms with Crippen molar-refractivity contribution in [3.8, 4) is 11.6 Å². The van der Waals surface area contributed by atoms with Gasteiger partial charge >= 0.3 is 0 Å². The zero-order valence-electron chi connectivity index (χ0n) is 14.5. The van der Waals surface area contributed by atoms with Gasteiger partial charge in [0.25, 0.3) is 5.91 Å². The molecule has 1 aromatic carbocycles. The van der Waals surface area contributed by atoms with E-state index < -0.39 is 0 Å². The molecule has 1 heterocycles. The summed E-state index contributed by atoms with van der Waals surface area (Å²) in [4.78, 5) is 17.5. The van der Waals surface area contributed by atoms with E-state index >= 15 is 0 Å². The van der Waals surface area contributed by atoms with Crippen LogP contribution < -0.4 is 4.74 Å². The van der Waals surface area contributed by atoms with Gasteiger partial charge in [0.15, 0.2) is 0 Å². The lowest BCUT2D eigenvalue weighted by atomic mass is 9.82. The molecule has 0 aliphatic rings. The number of amides is 1. The third kappa shape index (κ3) is 4.09. The van der Waals surface area contributed by atoms with E-state index in [1.807, 2.05) is 12.1 Å². The van der Waals surface area contributed by atoms with E-state index in [2.05, 4.69) is 37.9 Å². The summed E-state index contributed by atoms with van der Waals surface area (Å²) < 4.78 is 5.74. The second kappa shape index (κ2) is 6.82. The van der Waals surface area contributed by atoms with Crippen LogP contribution in [0.15, 0.2) is 42.6 Å². The maximum Gasteiger partial charge on any atom is 0.254 e. The molecule has 4 nitrogen and oxygen atoms in total. The number of benzene rings is 1. The average Bonchev–Trinajstić information content (AvgIpc) is 2.55. The second-order valence-electron chi connectivity index (χ2n) is 6.45. The van der Waals surface area contributed by atoms with Crippen LogP contribution in [0.25, 0.3) is 0 Å². The Morgan fingerprint density at radius 2 is 1.78 bits per heavy atom. The summed E-state index contributed by atoms with van der Waals surface area (Å²) in [5, 5.41) is 0. The van der Waals surface area contributed by atoms with E-state index in [-0.39, 0.29) is 11.3 Å². The maximum absolute atomic E-state index is 11.8. The third-order valence-electron chi connectivity index (χ3n) is 4.13. The van der Waals surface area contributed by atoms with E-state index in [0.717, 1.165) is 12.2 Å². The Bertz CT molecular complexity index is 659. The first-order chi connectivity index (χ1) is 10.8. The molecule has 2 aromatic rings. The molecule has 1 amide bonds. The molecule has 0 N–H and O–H groups in total. The number of pyridine rings is 1. The summed E-state index contributed by atoms with van der Waals surface area (Å²) in [5.74, 6) is 1.14. The van der Waals surface area contributed by atoms with Gasteiger partial charge in [0, 0.05) is 26.4 Å². The smallest absolute Gasteiger partial charge is 0.254 e. The molecule has 23 heavy (non-hydrogen) atoms. The fraction of sp³-hybridized carbons (Fsp3) is 0.368. The van der Waals surface area contributed by atoms with Gasteiger partial charge in [-0.1, -0.05) is 32.9 Å². The van der Waals surface area contributed by atoms with Gasteiger partial charge in [-0.3, -0.25) is 4.79 Å². The average molecular weight is 312 g/mol. The minimum atomic E-state index is -0.0739. The van der Waals surface area contributed by atoms with Crippen molar-refractivity contribution in [1.82, 2.24) is 9.88 Å². The van der Waals surface area contributed by atoms with Crippen LogP contribution in [0.4, 0.5) is 0 Å². The molecule has 0 radical (unpaired) electrons. The van der Waals surface area contributed by atoms with Crippen LogP contribution in [-0.2, 0) is 5.41 Å². The lowest BCUT2D eigenvalue weighted by Gasteiger charge is -2.23. The molecule has 0 unspecified atom stereocenters. The number of nitrogens with zero attached hydrogens (tertiary/aromatic N) is 2. The molecule has 1 aromatic heterocycles. The molecule has 0 atom stereocenters. The van der Waals surface area contributed by atoms with E-state index in [1.54, 1.807) is 26.2 Å². The van der Waals surface area contributed by atoms with Crippen molar-refractivity contribution < 1.29 is 9.53 Å². The minimum Gasteiger partial charge on any atom is -0.439 e. The van der Waals surface area contributed by atoms with Crippen LogP contribution in [0, 0.1) is 0 Å². The minimum absolute atomic E-state index is 0.0739. The van der Waals surface area contributed by atoms with Crippen LogP contribution in [0.5, 0.6) is 11.6 Å². The zero-order chi connectivity index (χ0) is 17.0. The van der Waals surface area contributed by atoms with Crippen LogP contribution in [0.3, 0.4) is 0 Å². The van der Waals surface area contributed by atoms with Crippen LogP contribution in [-0.4, -0.2) is 29.9 Å². The Labute approximate surface area is 138 Å². The monoisotopic (exact) mass is 312 g/mol. The van der Waals surface area contributed by atoms with Gasteiger partial charge in [-0.15, -0.1) is 0 Å². The number of aromatic nitrogens is 1.